The van der Waals surface area contributed by atoms with Crippen LogP contribution in [0.1, 0.15) is 24.8 Å². The third kappa shape index (κ3) is 3.91. The molecule has 2 aliphatic heterocycles. The first kappa shape index (κ1) is 14.7. The molecule has 0 spiro atoms. The van der Waals surface area contributed by atoms with E-state index in [0.717, 1.165) is 37.6 Å². The van der Waals surface area contributed by atoms with Gasteiger partial charge in [0.05, 0.1) is 11.5 Å². The lowest BCUT2D eigenvalue weighted by Crippen LogP contribution is -2.24. The van der Waals surface area contributed by atoms with E-state index in [1.807, 2.05) is 12.4 Å². The van der Waals surface area contributed by atoms with Gasteiger partial charge >= 0.3 is 0 Å². The van der Waals surface area contributed by atoms with Crippen molar-refractivity contribution in [1.82, 2.24) is 15.3 Å². The van der Waals surface area contributed by atoms with Crippen molar-refractivity contribution >= 4 is 15.8 Å². The molecule has 1 N–H and O–H groups in total. The van der Waals surface area contributed by atoms with Crippen LogP contribution in [0.5, 0.6) is 0 Å². The number of rotatable bonds is 5. The summed E-state index contributed by atoms with van der Waals surface area (Å²) in [5.41, 5.74) is 1.04. The summed E-state index contributed by atoms with van der Waals surface area (Å²) in [7, 11) is -2.78. The highest BCUT2D eigenvalue weighted by atomic mass is 32.2. The lowest BCUT2D eigenvalue weighted by Gasteiger charge is -2.15. The number of nitrogens with zero attached hydrogens (tertiary/aromatic N) is 3. The van der Waals surface area contributed by atoms with Crippen LogP contribution in [0.3, 0.4) is 0 Å². The van der Waals surface area contributed by atoms with Gasteiger partial charge in [-0.2, -0.15) is 0 Å². The number of anilines is 1. The van der Waals surface area contributed by atoms with Crippen LogP contribution in [0.25, 0.3) is 0 Å². The SMILES string of the molecule is O=S1(=O)CC[C@@H](CNCc2cnc(N3CCCC3)nc2)C1. The average Bonchev–Trinajstić information content (AvgIpc) is 3.09. The fraction of sp³-hybridized carbons (Fsp3) is 0.714. The highest BCUT2D eigenvalue weighted by Crippen LogP contribution is 2.18. The van der Waals surface area contributed by atoms with E-state index in [9.17, 15) is 8.42 Å². The van der Waals surface area contributed by atoms with Gasteiger partial charge in [0.25, 0.3) is 0 Å². The lowest BCUT2D eigenvalue weighted by molar-refractivity contribution is 0.520. The molecule has 1 aromatic heterocycles. The van der Waals surface area contributed by atoms with Gasteiger partial charge in [0.15, 0.2) is 9.84 Å². The van der Waals surface area contributed by atoms with E-state index in [4.69, 9.17) is 0 Å². The van der Waals surface area contributed by atoms with E-state index in [1.54, 1.807) is 0 Å². The molecule has 6 nitrogen and oxygen atoms in total. The first-order chi connectivity index (χ1) is 10.1. The zero-order valence-corrected chi connectivity index (χ0v) is 13.0. The Balaban J connectivity index is 1.45. The number of hydrogen-bond donors (Lipinski definition) is 1. The predicted molar refractivity (Wildman–Crippen MR) is 81.9 cm³/mol. The van der Waals surface area contributed by atoms with Gasteiger partial charge in [0.1, 0.15) is 0 Å². The molecule has 21 heavy (non-hydrogen) atoms. The molecular weight excluding hydrogens is 288 g/mol. The maximum absolute atomic E-state index is 11.4. The van der Waals surface area contributed by atoms with Crippen molar-refractivity contribution in [3.05, 3.63) is 18.0 Å². The Morgan fingerprint density at radius 1 is 1.24 bits per heavy atom. The second kappa shape index (κ2) is 6.27. The Morgan fingerprint density at radius 3 is 2.57 bits per heavy atom. The quantitative estimate of drug-likeness (QED) is 0.858. The van der Waals surface area contributed by atoms with Crippen LogP contribution >= 0.6 is 0 Å². The Hall–Kier alpha value is -1.21. The second-order valence-corrected chi connectivity index (χ2v) is 8.21. The normalized spacial score (nSPS) is 24.6. The van der Waals surface area contributed by atoms with Crippen molar-refractivity contribution < 1.29 is 8.42 Å². The molecule has 0 saturated carbocycles. The van der Waals surface area contributed by atoms with Crippen molar-refractivity contribution in [3.8, 4) is 0 Å². The van der Waals surface area contributed by atoms with Gasteiger partial charge in [-0.25, -0.2) is 18.4 Å². The summed E-state index contributed by atoms with van der Waals surface area (Å²) >= 11 is 0. The van der Waals surface area contributed by atoms with Crippen LogP contribution in [0, 0.1) is 5.92 Å². The van der Waals surface area contributed by atoms with Crippen molar-refractivity contribution in [2.75, 3.05) is 36.0 Å². The van der Waals surface area contributed by atoms with E-state index in [0.29, 0.717) is 18.1 Å². The highest BCUT2D eigenvalue weighted by molar-refractivity contribution is 7.91. The molecule has 1 atom stereocenters. The van der Waals surface area contributed by atoms with Gasteiger partial charge in [-0.05, 0) is 31.7 Å². The van der Waals surface area contributed by atoms with Gasteiger partial charge in [0.2, 0.25) is 5.95 Å². The second-order valence-electron chi connectivity index (χ2n) is 5.99. The first-order valence-electron chi connectivity index (χ1n) is 7.59. The zero-order valence-electron chi connectivity index (χ0n) is 12.2. The third-order valence-corrected chi connectivity index (χ3v) is 6.01. The number of aromatic nitrogens is 2. The zero-order chi connectivity index (χ0) is 14.7. The highest BCUT2D eigenvalue weighted by Gasteiger charge is 2.27. The van der Waals surface area contributed by atoms with E-state index < -0.39 is 9.84 Å². The average molecular weight is 310 g/mol. The maximum atomic E-state index is 11.4. The molecule has 0 radical (unpaired) electrons. The van der Waals surface area contributed by atoms with Gasteiger partial charge in [-0.1, -0.05) is 0 Å². The Morgan fingerprint density at radius 2 is 1.95 bits per heavy atom. The molecule has 0 aromatic carbocycles. The predicted octanol–water partition coefficient (Wildman–Crippen LogP) is 0.601. The summed E-state index contributed by atoms with van der Waals surface area (Å²) in [6.45, 7) is 3.53. The Bertz CT molecular complexity index is 567. The summed E-state index contributed by atoms with van der Waals surface area (Å²) < 4.78 is 22.8. The molecule has 116 valence electrons. The van der Waals surface area contributed by atoms with E-state index in [1.165, 1.54) is 12.8 Å². The number of sulfone groups is 1. The fourth-order valence-electron chi connectivity index (χ4n) is 2.97. The van der Waals surface area contributed by atoms with Crippen LogP contribution in [-0.4, -0.2) is 49.5 Å². The van der Waals surface area contributed by atoms with Crippen LogP contribution in [0.2, 0.25) is 0 Å². The molecule has 3 heterocycles. The van der Waals surface area contributed by atoms with E-state index in [2.05, 4.69) is 20.2 Å². The Labute approximate surface area is 125 Å². The largest absolute Gasteiger partial charge is 0.341 e. The number of hydrogen-bond acceptors (Lipinski definition) is 6. The van der Waals surface area contributed by atoms with Crippen LogP contribution < -0.4 is 10.2 Å². The molecule has 0 aliphatic carbocycles. The van der Waals surface area contributed by atoms with Crippen LogP contribution in [0.15, 0.2) is 12.4 Å². The molecule has 7 heteroatoms. The van der Waals surface area contributed by atoms with Crippen LogP contribution in [0.4, 0.5) is 5.95 Å². The Kier molecular flexibility index (Phi) is 4.40. The topological polar surface area (TPSA) is 75.2 Å². The minimum Gasteiger partial charge on any atom is -0.341 e. The third-order valence-electron chi connectivity index (χ3n) is 4.17. The van der Waals surface area contributed by atoms with E-state index in [-0.39, 0.29) is 5.92 Å². The summed E-state index contributed by atoms with van der Waals surface area (Å²) in [4.78, 5) is 11.0. The molecule has 2 aliphatic rings. The van der Waals surface area contributed by atoms with Crippen molar-refractivity contribution in [2.45, 2.75) is 25.8 Å². The van der Waals surface area contributed by atoms with Gasteiger partial charge in [-0.15, -0.1) is 0 Å². The first-order valence-corrected chi connectivity index (χ1v) is 9.41. The van der Waals surface area contributed by atoms with Gasteiger partial charge in [0, 0.05) is 37.6 Å². The molecule has 3 rings (SSSR count). The maximum Gasteiger partial charge on any atom is 0.225 e. The van der Waals surface area contributed by atoms with Gasteiger partial charge in [-0.3, -0.25) is 0 Å². The molecule has 2 saturated heterocycles. The van der Waals surface area contributed by atoms with Crippen molar-refractivity contribution in [3.63, 3.8) is 0 Å². The lowest BCUT2D eigenvalue weighted by atomic mass is 10.1. The smallest absolute Gasteiger partial charge is 0.225 e. The van der Waals surface area contributed by atoms with Crippen molar-refractivity contribution in [1.29, 1.82) is 0 Å². The number of nitrogens with one attached hydrogen (secondary N) is 1. The fourth-order valence-corrected chi connectivity index (χ4v) is 4.84. The molecule has 0 amide bonds. The summed E-state index contributed by atoms with van der Waals surface area (Å²) in [5.74, 6) is 1.73. The standard InChI is InChI=1S/C14H22N4O2S/c19-21(20)6-3-12(11-21)7-15-8-13-9-16-14(17-10-13)18-4-1-2-5-18/h9-10,12,15H,1-8,11H2/t12-/m0/s1. The molecule has 0 bridgehead atoms. The van der Waals surface area contributed by atoms with Crippen LogP contribution in [-0.2, 0) is 16.4 Å². The van der Waals surface area contributed by atoms with Gasteiger partial charge < -0.3 is 10.2 Å². The molecule has 0 unspecified atom stereocenters. The monoisotopic (exact) mass is 310 g/mol. The summed E-state index contributed by atoms with van der Waals surface area (Å²) in [6.07, 6.45) is 6.94. The van der Waals surface area contributed by atoms with Crippen molar-refractivity contribution in [2.24, 2.45) is 5.92 Å². The summed E-state index contributed by atoms with van der Waals surface area (Å²) in [5, 5.41) is 3.31. The molecule has 1 aromatic rings. The van der Waals surface area contributed by atoms with E-state index >= 15 is 0 Å². The molecule has 2 fully saturated rings. The summed E-state index contributed by atoms with van der Waals surface area (Å²) in [6, 6.07) is 0. The molecular formula is C14H22N4O2S. The minimum absolute atomic E-state index is 0.250. The minimum atomic E-state index is -2.78.